The number of carbonyl (C=O) groups excluding carboxylic acids is 1. The van der Waals surface area contributed by atoms with Gasteiger partial charge in [0.05, 0.1) is 24.1 Å². The number of nitrogens with zero attached hydrogens (tertiary/aromatic N) is 1. The van der Waals surface area contributed by atoms with Crippen LogP contribution in [-0.4, -0.2) is 33.0 Å². The SMILES string of the molecule is CCCNC(=O)Cc1csc(NS(=O)(=O)c2ccc(OC)cc2)n1. The zero-order chi connectivity index (χ0) is 17.6. The number of thiazole rings is 1. The van der Waals surface area contributed by atoms with Crippen LogP contribution in [-0.2, 0) is 21.2 Å². The summed E-state index contributed by atoms with van der Waals surface area (Å²) in [6.45, 7) is 2.58. The van der Waals surface area contributed by atoms with Gasteiger partial charge in [-0.15, -0.1) is 11.3 Å². The molecule has 1 aromatic carbocycles. The van der Waals surface area contributed by atoms with Gasteiger partial charge in [-0.1, -0.05) is 6.92 Å². The number of benzene rings is 1. The van der Waals surface area contributed by atoms with Crippen molar-refractivity contribution < 1.29 is 17.9 Å². The molecule has 2 N–H and O–H groups in total. The van der Waals surface area contributed by atoms with Gasteiger partial charge in [0.15, 0.2) is 5.13 Å². The molecular weight excluding hydrogens is 350 g/mol. The summed E-state index contributed by atoms with van der Waals surface area (Å²) in [7, 11) is -2.22. The molecule has 1 aromatic heterocycles. The number of ether oxygens (including phenoxy) is 1. The van der Waals surface area contributed by atoms with Gasteiger partial charge in [-0.2, -0.15) is 0 Å². The van der Waals surface area contributed by atoms with Crippen LogP contribution in [0.15, 0.2) is 34.5 Å². The Morgan fingerprint density at radius 2 is 2.00 bits per heavy atom. The average molecular weight is 369 g/mol. The highest BCUT2D eigenvalue weighted by molar-refractivity contribution is 7.93. The van der Waals surface area contributed by atoms with Gasteiger partial charge >= 0.3 is 0 Å². The third kappa shape index (κ3) is 4.93. The third-order valence-electron chi connectivity index (χ3n) is 3.06. The van der Waals surface area contributed by atoms with Crippen LogP contribution in [0.5, 0.6) is 5.75 Å². The maximum atomic E-state index is 12.3. The van der Waals surface area contributed by atoms with E-state index in [2.05, 4.69) is 15.0 Å². The van der Waals surface area contributed by atoms with Gasteiger partial charge < -0.3 is 10.1 Å². The van der Waals surface area contributed by atoms with Crippen molar-refractivity contribution in [2.75, 3.05) is 18.4 Å². The number of nitrogens with one attached hydrogen (secondary N) is 2. The van der Waals surface area contributed by atoms with Gasteiger partial charge in [0, 0.05) is 11.9 Å². The van der Waals surface area contributed by atoms with E-state index in [1.165, 1.54) is 19.2 Å². The van der Waals surface area contributed by atoms with Crippen molar-refractivity contribution in [2.45, 2.75) is 24.7 Å². The molecule has 2 aromatic rings. The van der Waals surface area contributed by atoms with Crippen LogP contribution < -0.4 is 14.8 Å². The number of anilines is 1. The van der Waals surface area contributed by atoms with Crippen molar-refractivity contribution in [3.8, 4) is 5.75 Å². The molecule has 0 fully saturated rings. The number of aromatic nitrogens is 1. The first-order valence-corrected chi connectivity index (χ1v) is 9.69. The molecule has 2 rings (SSSR count). The Hall–Kier alpha value is -2.13. The topological polar surface area (TPSA) is 97.4 Å². The van der Waals surface area contributed by atoms with E-state index in [0.717, 1.165) is 17.8 Å². The Labute approximate surface area is 145 Å². The van der Waals surface area contributed by atoms with E-state index in [0.29, 0.717) is 18.0 Å². The Balaban J connectivity index is 2.03. The molecule has 0 spiro atoms. The van der Waals surface area contributed by atoms with Crippen molar-refractivity contribution >= 4 is 32.4 Å². The number of hydrogen-bond acceptors (Lipinski definition) is 6. The van der Waals surface area contributed by atoms with Gasteiger partial charge in [-0.05, 0) is 30.7 Å². The van der Waals surface area contributed by atoms with Gasteiger partial charge in [-0.3, -0.25) is 9.52 Å². The zero-order valence-electron chi connectivity index (χ0n) is 13.4. The molecule has 0 atom stereocenters. The smallest absolute Gasteiger partial charge is 0.263 e. The first kappa shape index (κ1) is 18.2. The van der Waals surface area contributed by atoms with E-state index in [-0.39, 0.29) is 22.4 Å². The summed E-state index contributed by atoms with van der Waals surface area (Å²) in [5, 5.41) is 4.64. The van der Waals surface area contributed by atoms with Crippen molar-refractivity contribution in [1.29, 1.82) is 0 Å². The van der Waals surface area contributed by atoms with E-state index >= 15 is 0 Å². The van der Waals surface area contributed by atoms with Crippen LogP contribution in [0.1, 0.15) is 19.0 Å². The van der Waals surface area contributed by atoms with Crippen LogP contribution in [0.2, 0.25) is 0 Å². The standard InChI is InChI=1S/C15H19N3O4S2/c1-3-8-16-14(19)9-11-10-23-15(17-11)18-24(20,21)13-6-4-12(22-2)5-7-13/h4-7,10H,3,8-9H2,1-2H3,(H,16,19)(H,17,18). The molecule has 7 nitrogen and oxygen atoms in total. The van der Waals surface area contributed by atoms with Crippen LogP contribution in [0.3, 0.4) is 0 Å². The Bertz CT molecular complexity index is 785. The maximum absolute atomic E-state index is 12.3. The third-order valence-corrected chi connectivity index (χ3v) is 5.35. The zero-order valence-corrected chi connectivity index (χ0v) is 15.0. The highest BCUT2D eigenvalue weighted by Crippen LogP contribution is 2.22. The summed E-state index contributed by atoms with van der Waals surface area (Å²) >= 11 is 1.14. The van der Waals surface area contributed by atoms with Gasteiger partial charge in [-0.25, -0.2) is 13.4 Å². The first-order valence-electron chi connectivity index (χ1n) is 7.32. The van der Waals surface area contributed by atoms with Gasteiger partial charge in [0.25, 0.3) is 10.0 Å². The summed E-state index contributed by atoms with van der Waals surface area (Å²) < 4.78 is 32.0. The average Bonchev–Trinajstić information content (AvgIpc) is 2.99. The van der Waals surface area contributed by atoms with E-state index in [1.807, 2.05) is 6.92 Å². The minimum Gasteiger partial charge on any atom is -0.497 e. The number of amides is 1. The fourth-order valence-corrected chi connectivity index (χ4v) is 3.82. The molecule has 0 unspecified atom stereocenters. The Morgan fingerprint density at radius 1 is 1.29 bits per heavy atom. The molecule has 0 bridgehead atoms. The molecule has 1 amide bonds. The molecule has 1 heterocycles. The van der Waals surface area contributed by atoms with E-state index in [9.17, 15) is 13.2 Å². The predicted octanol–water partition coefficient (Wildman–Crippen LogP) is 2.02. The Morgan fingerprint density at radius 3 is 2.62 bits per heavy atom. The minimum atomic E-state index is -3.73. The van der Waals surface area contributed by atoms with E-state index in [4.69, 9.17) is 4.74 Å². The largest absolute Gasteiger partial charge is 0.497 e. The normalized spacial score (nSPS) is 11.1. The Kier molecular flexibility index (Phi) is 6.16. The fraction of sp³-hybridized carbons (Fsp3) is 0.333. The van der Waals surface area contributed by atoms with Crippen LogP contribution in [0, 0.1) is 0 Å². The molecule has 9 heteroatoms. The lowest BCUT2D eigenvalue weighted by molar-refractivity contribution is -0.120. The maximum Gasteiger partial charge on any atom is 0.263 e. The first-order chi connectivity index (χ1) is 11.4. The minimum absolute atomic E-state index is 0.112. The molecule has 130 valence electrons. The molecule has 0 saturated carbocycles. The highest BCUT2D eigenvalue weighted by Gasteiger charge is 2.17. The van der Waals surface area contributed by atoms with Crippen LogP contribution >= 0.6 is 11.3 Å². The second-order valence-electron chi connectivity index (χ2n) is 4.95. The highest BCUT2D eigenvalue weighted by atomic mass is 32.2. The fourth-order valence-electron chi connectivity index (χ4n) is 1.86. The molecule has 0 saturated heterocycles. The summed E-state index contributed by atoms with van der Waals surface area (Å²) in [6.07, 6.45) is 0.983. The number of methoxy groups -OCH3 is 1. The van der Waals surface area contributed by atoms with Crippen molar-refractivity contribution in [3.63, 3.8) is 0 Å². The van der Waals surface area contributed by atoms with Gasteiger partial charge in [0.2, 0.25) is 5.91 Å². The molecule has 0 aliphatic rings. The lowest BCUT2D eigenvalue weighted by Gasteiger charge is -2.06. The number of hydrogen-bond donors (Lipinski definition) is 2. The molecule has 0 aliphatic heterocycles. The predicted molar refractivity (Wildman–Crippen MR) is 92.9 cm³/mol. The van der Waals surface area contributed by atoms with Crippen LogP contribution in [0.4, 0.5) is 5.13 Å². The van der Waals surface area contributed by atoms with Crippen molar-refractivity contribution in [3.05, 3.63) is 35.3 Å². The monoisotopic (exact) mass is 369 g/mol. The second-order valence-corrected chi connectivity index (χ2v) is 7.49. The molecule has 24 heavy (non-hydrogen) atoms. The summed E-state index contributed by atoms with van der Waals surface area (Å²) in [4.78, 5) is 15.9. The molecule has 0 aliphatic carbocycles. The lowest BCUT2D eigenvalue weighted by atomic mass is 10.3. The summed E-state index contributed by atoms with van der Waals surface area (Å²) in [5.41, 5.74) is 0.529. The quantitative estimate of drug-likeness (QED) is 0.742. The van der Waals surface area contributed by atoms with Crippen LogP contribution in [0.25, 0.3) is 0 Å². The van der Waals surface area contributed by atoms with Crippen molar-refractivity contribution in [2.24, 2.45) is 0 Å². The summed E-state index contributed by atoms with van der Waals surface area (Å²) in [5.74, 6) is 0.440. The number of rotatable bonds is 8. The number of carbonyl (C=O) groups is 1. The van der Waals surface area contributed by atoms with E-state index < -0.39 is 10.0 Å². The van der Waals surface area contributed by atoms with E-state index in [1.54, 1.807) is 17.5 Å². The second kappa shape index (κ2) is 8.11. The molecule has 0 radical (unpaired) electrons. The summed E-state index contributed by atoms with van der Waals surface area (Å²) in [6, 6.07) is 6.04. The number of sulfonamides is 1. The molecular formula is C15H19N3O4S2. The van der Waals surface area contributed by atoms with Crippen molar-refractivity contribution in [1.82, 2.24) is 10.3 Å². The lowest BCUT2D eigenvalue weighted by Crippen LogP contribution is -2.25. The van der Waals surface area contributed by atoms with Gasteiger partial charge in [0.1, 0.15) is 5.75 Å².